The van der Waals surface area contributed by atoms with Crippen LogP contribution >= 0.6 is 23.2 Å². The van der Waals surface area contributed by atoms with Crippen molar-refractivity contribution in [3.8, 4) is 11.3 Å². The number of aryl methyl sites for hydroxylation is 1. The predicted octanol–water partition coefficient (Wildman–Crippen LogP) is 5.72. The van der Waals surface area contributed by atoms with E-state index in [-0.39, 0.29) is 0 Å². The van der Waals surface area contributed by atoms with E-state index < -0.39 is 0 Å². The lowest BCUT2D eigenvalue weighted by Gasteiger charge is -2.20. The minimum Gasteiger partial charge on any atom is -0.309 e. The number of halogens is 2. The van der Waals surface area contributed by atoms with Crippen LogP contribution in [-0.4, -0.2) is 19.5 Å². The van der Waals surface area contributed by atoms with Gasteiger partial charge in [-0.2, -0.15) is 0 Å². The average molecular weight is 387 g/mol. The van der Waals surface area contributed by atoms with Crippen LogP contribution in [0.25, 0.3) is 22.4 Å². The summed E-state index contributed by atoms with van der Waals surface area (Å²) in [5, 5.41) is 1.21. The van der Waals surface area contributed by atoms with Gasteiger partial charge in [-0.25, -0.2) is 15.0 Å². The maximum Gasteiger partial charge on any atom is 0.164 e. The molecule has 0 radical (unpaired) electrons. The Balaban J connectivity index is 1.72. The van der Waals surface area contributed by atoms with Crippen LogP contribution < -0.4 is 0 Å². The van der Waals surface area contributed by atoms with Crippen LogP contribution in [0, 0.1) is 11.8 Å². The molecule has 2 heterocycles. The Labute approximate surface area is 162 Å². The molecule has 1 aromatic carbocycles. The first-order valence-electron chi connectivity index (χ1n) is 9.34. The van der Waals surface area contributed by atoms with Gasteiger partial charge in [-0.3, -0.25) is 0 Å². The van der Waals surface area contributed by atoms with Gasteiger partial charge in [0.1, 0.15) is 23.4 Å². The zero-order valence-corrected chi connectivity index (χ0v) is 16.1. The summed E-state index contributed by atoms with van der Waals surface area (Å²) in [6.45, 7) is 2.16. The number of aromatic nitrogens is 4. The lowest BCUT2D eigenvalue weighted by molar-refractivity contribution is 0.391. The third-order valence-corrected chi connectivity index (χ3v) is 6.11. The maximum atomic E-state index is 6.45. The molecule has 2 saturated carbocycles. The van der Waals surface area contributed by atoms with Gasteiger partial charge in [-0.1, -0.05) is 30.1 Å². The minimum absolute atomic E-state index is 0.540. The van der Waals surface area contributed by atoms with E-state index in [4.69, 9.17) is 28.2 Å². The number of rotatable bonds is 5. The molecule has 2 fully saturated rings. The van der Waals surface area contributed by atoms with E-state index >= 15 is 0 Å². The number of hydrogen-bond acceptors (Lipinski definition) is 3. The van der Waals surface area contributed by atoms with Gasteiger partial charge < -0.3 is 4.57 Å². The smallest absolute Gasteiger partial charge is 0.164 e. The van der Waals surface area contributed by atoms with E-state index in [1.165, 1.54) is 25.7 Å². The van der Waals surface area contributed by atoms with E-state index in [0.29, 0.717) is 16.1 Å². The number of hydrogen-bond donors (Lipinski definition) is 0. The number of fused-ring (bicyclic) bond motifs is 1. The molecular weight excluding hydrogens is 367 g/mol. The third kappa shape index (κ3) is 2.71. The van der Waals surface area contributed by atoms with Gasteiger partial charge in [0.05, 0.1) is 5.02 Å². The van der Waals surface area contributed by atoms with Crippen molar-refractivity contribution in [3.05, 3.63) is 40.4 Å². The SMILES string of the molecule is CCc1nc2c(-c3ccc(Cl)cc3Cl)ncnc2n1C(C1CC1)C1CC1. The fourth-order valence-corrected chi connectivity index (χ4v) is 4.58. The Morgan fingerprint density at radius 1 is 1.12 bits per heavy atom. The second-order valence-electron chi connectivity index (χ2n) is 7.44. The molecule has 2 aliphatic rings. The zero-order chi connectivity index (χ0) is 17.8. The Morgan fingerprint density at radius 2 is 1.85 bits per heavy atom. The largest absolute Gasteiger partial charge is 0.309 e. The summed E-state index contributed by atoms with van der Waals surface area (Å²) in [5.41, 5.74) is 3.43. The van der Waals surface area contributed by atoms with E-state index in [2.05, 4.69) is 21.5 Å². The zero-order valence-electron chi connectivity index (χ0n) is 14.6. The number of benzene rings is 1. The van der Waals surface area contributed by atoms with E-state index in [1.807, 2.05) is 12.1 Å². The van der Waals surface area contributed by atoms with E-state index in [0.717, 1.165) is 46.5 Å². The highest BCUT2D eigenvalue weighted by Gasteiger charge is 2.44. The topological polar surface area (TPSA) is 43.6 Å². The van der Waals surface area contributed by atoms with Crippen LogP contribution in [0.4, 0.5) is 0 Å². The molecule has 5 rings (SSSR count). The van der Waals surface area contributed by atoms with Crippen LogP contribution in [0.15, 0.2) is 24.5 Å². The van der Waals surface area contributed by atoms with Crippen LogP contribution in [-0.2, 0) is 6.42 Å². The molecule has 0 spiro atoms. The lowest BCUT2D eigenvalue weighted by atomic mass is 10.1. The van der Waals surface area contributed by atoms with Crippen molar-refractivity contribution in [3.63, 3.8) is 0 Å². The lowest BCUT2D eigenvalue weighted by Crippen LogP contribution is -2.16. The fourth-order valence-electron chi connectivity index (χ4n) is 4.08. The Morgan fingerprint density at radius 3 is 2.46 bits per heavy atom. The average Bonchev–Trinajstić information content (AvgIpc) is 3.54. The molecule has 4 nitrogen and oxygen atoms in total. The molecule has 3 aromatic rings. The monoisotopic (exact) mass is 386 g/mol. The van der Waals surface area contributed by atoms with Crippen molar-refractivity contribution in [2.75, 3.05) is 0 Å². The van der Waals surface area contributed by atoms with Crippen molar-refractivity contribution in [1.82, 2.24) is 19.5 Å². The molecule has 0 aliphatic heterocycles. The van der Waals surface area contributed by atoms with Crippen molar-refractivity contribution >= 4 is 34.4 Å². The summed E-state index contributed by atoms with van der Waals surface area (Å²) in [7, 11) is 0. The maximum absolute atomic E-state index is 6.45. The first-order chi connectivity index (χ1) is 12.7. The second kappa shape index (κ2) is 6.21. The highest BCUT2D eigenvalue weighted by Crippen LogP contribution is 2.53. The molecule has 2 aromatic heterocycles. The first-order valence-corrected chi connectivity index (χ1v) is 10.1. The first kappa shape index (κ1) is 16.5. The molecule has 0 bridgehead atoms. The summed E-state index contributed by atoms with van der Waals surface area (Å²) in [6.07, 6.45) is 7.82. The normalized spacial score (nSPS) is 17.4. The van der Waals surface area contributed by atoms with Gasteiger partial charge in [0.2, 0.25) is 0 Å². The van der Waals surface area contributed by atoms with E-state index in [9.17, 15) is 0 Å². The second-order valence-corrected chi connectivity index (χ2v) is 8.28. The summed E-state index contributed by atoms with van der Waals surface area (Å²) in [5.74, 6) is 2.67. The summed E-state index contributed by atoms with van der Waals surface area (Å²) in [4.78, 5) is 14.1. The van der Waals surface area contributed by atoms with Crippen molar-refractivity contribution in [1.29, 1.82) is 0 Å². The molecular formula is C20H20Cl2N4. The Bertz CT molecular complexity index is 977. The molecule has 2 aliphatic carbocycles. The fraction of sp³-hybridized carbons (Fsp3) is 0.450. The minimum atomic E-state index is 0.540. The van der Waals surface area contributed by atoms with Gasteiger partial charge in [-0.15, -0.1) is 0 Å². The molecule has 0 amide bonds. The predicted molar refractivity (Wildman–Crippen MR) is 105 cm³/mol. The quantitative estimate of drug-likeness (QED) is 0.562. The highest BCUT2D eigenvalue weighted by atomic mass is 35.5. The van der Waals surface area contributed by atoms with Crippen LogP contribution in [0.3, 0.4) is 0 Å². The summed E-state index contributed by atoms with van der Waals surface area (Å²) in [6, 6.07) is 6.04. The molecule has 0 unspecified atom stereocenters. The number of imidazole rings is 1. The molecule has 0 N–H and O–H groups in total. The molecule has 134 valence electrons. The molecule has 6 heteroatoms. The van der Waals surface area contributed by atoms with Crippen LogP contribution in [0.5, 0.6) is 0 Å². The highest BCUT2D eigenvalue weighted by molar-refractivity contribution is 6.36. The van der Waals surface area contributed by atoms with Gasteiger partial charge in [0, 0.05) is 23.0 Å². The Hall–Kier alpha value is -1.65. The summed E-state index contributed by atoms with van der Waals surface area (Å²) < 4.78 is 2.42. The molecule has 26 heavy (non-hydrogen) atoms. The standard InChI is InChI=1S/C20H20Cl2N4/c1-2-16-25-18-17(14-8-7-13(21)9-15(14)22)23-10-24-20(18)26(16)19(11-3-4-11)12-5-6-12/h7-12,19H,2-6H2,1H3. The third-order valence-electron chi connectivity index (χ3n) is 5.56. The van der Waals surface area contributed by atoms with Gasteiger partial charge in [0.15, 0.2) is 5.65 Å². The number of nitrogens with zero attached hydrogens (tertiary/aromatic N) is 4. The van der Waals surface area contributed by atoms with Crippen LogP contribution in [0.1, 0.15) is 44.5 Å². The van der Waals surface area contributed by atoms with Crippen molar-refractivity contribution in [2.24, 2.45) is 11.8 Å². The van der Waals surface area contributed by atoms with Gasteiger partial charge in [0.25, 0.3) is 0 Å². The molecule has 0 saturated heterocycles. The van der Waals surface area contributed by atoms with Gasteiger partial charge >= 0.3 is 0 Å². The van der Waals surface area contributed by atoms with E-state index in [1.54, 1.807) is 12.4 Å². The van der Waals surface area contributed by atoms with Crippen molar-refractivity contribution in [2.45, 2.75) is 45.1 Å². The van der Waals surface area contributed by atoms with Gasteiger partial charge in [-0.05, 0) is 55.7 Å². The van der Waals surface area contributed by atoms with Crippen molar-refractivity contribution < 1.29 is 0 Å². The Kier molecular flexibility index (Phi) is 3.94. The molecule has 0 atom stereocenters. The van der Waals surface area contributed by atoms with Crippen LogP contribution in [0.2, 0.25) is 10.0 Å². The summed E-state index contributed by atoms with van der Waals surface area (Å²) >= 11 is 12.5.